The molecule has 4 heteroatoms. The molecule has 3 rings (SSSR count). The molecule has 0 saturated carbocycles. The lowest BCUT2D eigenvalue weighted by atomic mass is 10.2. The monoisotopic (exact) mass is 344 g/mol. The van der Waals surface area contributed by atoms with Gasteiger partial charge in [0.05, 0.1) is 6.54 Å². The van der Waals surface area contributed by atoms with Crippen molar-refractivity contribution in [1.82, 2.24) is 0 Å². The molecule has 0 atom stereocenters. The lowest BCUT2D eigenvalue weighted by Crippen LogP contribution is -2.39. The average molecular weight is 344 g/mol. The quantitative estimate of drug-likeness (QED) is 0.722. The molecule has 0 radical (unpaired) electrons. The van der Waals surface area contributed by atoms with Crippen LogP contribution in [0.3, 0.4) is 0 Å². The number of anilines is 2. The molecule has 3 aromatic rings. The summed E-state index contributed by atoms with van der Waals surface area (Å²) in [6.45, 7) is 2.26. The van der Waals surface area contributed by atoms with Gasteiger partial charge in [-0.1, -0.05) is 60.7 Å². The number of hydrogen-bond acceptors (Lipinski definition) is 2. The molecule has 0 fully saturated rings. The molecule has 4 nitrogen and oxygen atoms in total. The first-order chi connectivity index (χ1) is 12.6. The fourth-order valence-corrected chi connectivity index (χ4v) is 2.68. The number of para-hydroxylation sites is 1. The summed E-state index contributed by atoms with van der Waals surface area (Å²) in [6, 6.07) is 26.2. The van der Waals surface area contributed by atoms with Crippen LogP contribution in [0, 0.1) is 6.92 Å². The van der Waals surface area contributed by atoms with E-state index in [1.54, 1.807) is 6.07 Å². The van der Waals surface area contributed by atoms with Gasteiger partial charge in [-0.3, -0.25) is 14.5 Å². The van der Waals surface area contributed by atoms with Crippen molar-refractivity contribution in [3.8, 4) is 0 Å². The highest BCUT2D eigenvalue weighted by molar-refractivity contribution is 6.44. The zero-order chi connectivity index (χ0) is 18.4. The average Bonchev–Trinajstić information content (AvgIpc) is 2.67. The van der Waals surface area contributed by atoms with Crippen LogP contribution >= 0.6 is 0 Å². The molecule has 0 aliphatic carbocycles. The second-order valence-corrected chi connectivity index (χ2v) is 6.04. The molecule has 0 spiro atoms. The molecule has 26 heavy (non-hydrogen) atoms. The number of nitrogens with one attached hydrogen (secondary N) is 1. The van der Waals surface area contributed by atoms with Crippen molar-refractivity contribution in [1.29, 1.82) is 0 Å². The third-order valence-corrected chi connectivity index (χ3v) is 3.97. The van der Waals surface area contributed by atoms with E-state index in [-0.39, 0.29) is 0 Å². The Bertz CT molecular complexity index is 892. The van der Waals surface area contributed by atoms with Gasteiger partial charge in [0.1, 0.15) is 0 Å². The van der Waals surface area contributed by atoms with Gasteiger partial charge in [-0.15, -0.1) is 0 Å². The molecule has 130 valence electrons. The van der Waals surface area contributed by atoms with Gasteiger partial charge in [-0.05, 0) is 42.3 Å². The Labute approximate surface area is 153 Å². The van der Waals surface area contributed by atoms with E-state index in [4.69, 9.17) is 0 Å². The molecule has 2 amide bonds. The van der Waals surface area contributed by atoms with E-state index in [0.29, 0.717) is 17.9 Å². The number of aryl methyl sites for hydroxylation is 1. The standard InChI is InChI=1S/C22H20N2O2/c1-17-9-8-12-19(15-17)23-21(25)22(26)24(20-13-6-3-7-14-20)16-18-10-4-2-5-11-18/h2-15H,16H2,1H3,(H,23,25). The summed E-state index contributed by atoms with van der Waals surface area (Å²) in [5, 5.41) is 2.69. The Morgan fingerprint density at radius 3 is 2.15 bits per heavy atom. The number of carbonyl (C=O) groups is 2. The number of amides is 2. The third kappa shape index (κ3) is 4.36. The summed E-state index contributed by atoms with van der Waals surface area (Å²) in [6.07, 6.45) is 0. The predicted octanol–water partition coefficient (Wildman–Crippen LogP) is 4.17. The maximum absolute atomic E-state index is 12.9. The van der Waals surface area contributed by atoms with Crippen molar-refractivity contribution in [3.05, 3.63) is 96.1 Å². The topological polar surface area (TPSA) is 49.4 Å². The minimum Gasteiger partial charge on any atom is -0.318 e. The van der Waals surface area contributed by atoms with Crippen molar-refractivity contribution >= 4 is 23.2 Å². The lowest BCUT2D eigenvalue weighted by Gasteiger charge is -2.22. The van der Waals surface area contributed by atoms with Gasteiger partial charge in [0.15, 0.2) is 0 Å². The zero-order valence-corrected chi connectivity index (χ0v) is 14.6. The first-order valence-electron chi connectivity index (χ1n) is 8.42. The maximum Gasteiger partial charge on any atom is 0.316 e. The minimum absolute atomic E-state index is 0.324. The largest absolute Gasteiger partial charge is 0.318 e. The van der Waals surface area contributed by atoms with Crippen molar-refractivity contribution < 1.29 is 9.59 Å². The van der Waals surface area contributed by atoms with Crippen molar-refractivity contribution in [2.75, 3.05) is 10.2 Å². The SMILES string of the molecule is Cc1cccc(NC(=O)C(=O)N(Cc2ccccc2)c2ccccc2)c1. The van der Waals surface area contributed by atoms with Crippen LogP contribution in [-0.4, -0.2) is 11.8 Å². The van der Waals surface area contributed by atoms with E-state index in [1.807, 2.05) is 85.8 Å². The van der Waals surface area contributed by atoms with E-state index >= 15 is 0 Å². The molecule has 0 heterocycles. The van der Waals surface area contributed by atoms with E-state index in [0.717, 1.165) is 11.1 Å². The van der Waals surface area contributed by atoms with Crippen LogP contribution in [0.2, 0.25) is 0 Å². The van der Waals surface area contributed by atoms with E-state index in [1.165, 1.54) is 4.90 Å². The smallest absolute Gasteiger partial charge is 0.316 e. The Kier molecular flexibility index (Phi) is 5.44. The fourth-order valence-electron chi connectivity index (χ4n) is 2.68. The van der Waals surface area contributed by atoms with Crippen LogP contribution in [0.1, 0.15) is 11.1 Å². The zero-order valence-electron chi connectivity index (χ0n) is 14.6. The normalized spacial score (nSPS) is 10.2. The molecule has 1 N–H and O–H groups in total. The molecule has 0 bridgehead atoms. The summed E-state index contributed by atoms with van der Waals surface area (Å²) < 4.78 is 0. The van der Waals surface area contributed by atoms with Crippen LogP contribution in [-0.2, 0) is 16.1 Å². The second kappa shape index (κ2) is 8.12. The first kappa shape index (κ1) is 17.4. The van der Waals surface area contributed by atoms with Crippen LogP contribution in [0.5, 0.6) is 0 Å². The van der Waals surface area contributed by atoms with Crippen LogP contribution in [0.4, 0.5) is 11.4 Å². The molecule has 3 aromatic carbocycles. The fraction of sp³-hybridized carbons (Fsp3) is 0.0909. The summed E-state index contributed by atoms with van der Waals surface area (Å²) in [5.74, 6) is -1.25. The number of hydrogen-bond donors (Lipinski definition) is 1. The number of carbonyl (C=O) groups excluding carboxylic acids is 2. The number of benzene rings is 3. The Morgan fingerprint density at radius 2 is 1.50 bits per heavy atom. The van der Waals surface area contributed by atoms with Gasteiger partial charge < -0.3 is 5.32 Å². The summed E-state index contributed by atoms with van der Waals surface area (Å²) >= 11 is 0. The van der Waals surface area contributed by atoms with Crippen molar-refractivity contribution in [3.63, 3.8) is 0 Å². The summed E-state index contributed by atoms with van der Waals surface area (Å²) in [4.78, 5) is 26.9. The van der Waals surface area contributed by atoms with Crippen molar-refractivity contribution in [2.24, 2.45) is 0 Å². The van der Waals surface area contributed by atoms with Gasteiger partial charge in [-0.25, -0.2) is 0 Å². The van der Waals surface area contributed by atoms with Gasteiger partial charge in [-0.2, -0.15) is 0 Å². The van der Waals surface area contributed by atoms with Crippen LogP contribution in [0.25, 0.3) is 0 Å². The van der Waals surface area contributed by atoms with E-state index in [9.17, 15) is 9.59 Å². The molecule has 0 aliphatic heterocycles. The Hall–Kier alpha value is -3.40. The first-order valence-corrected chi connectivity index (χ1v) is 8.42. The highest BCUT2D eigenvalue weighted by Gasteiger charge is 2.23. The third-order valence-electron chi connectivity index (χ3n) is 3.97. The molecule has 0 aromatic heterocycles. The number of nitrogens with zero attached hydrogens (tertiary/aromatic N) is 1. The van der Waals surface area contributed by atoms with Gasteiger partial charge in [0.25, 0.3) is 0 Å². The van der Waals surface area contributed by atoms with E-state index in [2.05, 4.69) is 5.32 Å². The predicted molar refractivity (Wildman–Crippen MR) is 104 cm³/mol. The van der Waals surface area contributed by atoms with Gasteiger partial charge >= 0.3 is 11.8 Å². The highest BCUT2D eigenvalue weighted by atomic mass is 16.2. The lowest BCUT2D eigenvalue weighted by molar-refractivity contribution is -0.134. The summed E-state index contributed by atoms with van der Waals surface area (Å²) in [7, 11) is 0. The summed E-state index contributed by atoms with van der Waals surface area (Å²) in [5.41, 5.74) is 3.25. The molecular weight excluding hydrogens is 324 g/mol. The van der Waals surface area contributed by atoms with Crippen molar-refractivity contribution in [2.45, 2.75) is 13.5 Å². The highest BCUT2D eigenvalue weighted by Crippen LogP contribution is 2.18. The molecular formula is C22H20N2O2. The van der Waals surface area contributed by atoms with Crippen LogP contribution < -0.4 is 10.2 Å². The maximum atomic E-state index is 12.9. The second-order valence-electron chi connectivity index (χ2n) is 6.04. The molecule has 0 saturated heterocycles. The van der Waals surface area contributed by atoms with Gasteiger partial charge in [0, 0.05) is 11.4 Å². The number of rotatable bonds is 4. The Morgan fingerprint density at radius 1 is 0.846 bits per heavy atom. The van der Waals surface area contributed by atoms with E-state index < -0.39 is 11.8 Å². The minimum atomic E-state index is -0.657. The Balaban J connectivity index is 1.83. The molecule has 0 aliphatic rings. The van der Waals surface area contributed by atoms with Crippen LogP contribution in [0.15, 0.2) is 84.9 Å². The van der Waals surface area contributed by atoms with Gasteiger partial charge in [0.2, 0.25) is 0 Å². The molecule has 0 unspecified atom stereocenters.